The van der Waals surface area contributed by atoms with Crippen LogP contribution in [0.3, 0.4) is 0 Å². The summed E-state index contributed by atoms with van der Waals surface area (Å²) in [5, 5.41) is 2.75. The molecule has 0 aliphatic carbocycles. The number of ether oxygens (including phenoxy) is 2. The molecule has 0 aliphatic rings. The van der Waals surface area contributed by atoms with E-state index in [4.69, 9.17) is 9.47 Å². The Kier molecular flexibility index (Phi) is 6.37. The van der Waals surface area contributed by atoms with Gasteiger partial charge in [-0.2, -0.15) is 0 Å². The molecule has 2 rings (SSSR count). The molecule has 0 saturated carbocycles. The van der Waals surface area contributed by atoms with Crippen LogP contribution in [0.2, 0.25) is 0 Å². The van der Waals surface area contributed by atoms with E-state index in [0.29, 0.717) is 6.54 Å². The van der Waals surface area contributed by atoms with Crippen molar-refractivity contribution in [2.24, 2.45) is 0 Å². The Morgan fingerprint density at radius 1 is 1.00 bits per heavy atom. The van der Waals surface area contributed by atoms with Gasteiger partial charge in [-0.25, -0.2) is 0 Å². The second-order valence-electron chi connectivity index (χ2n) is 5.36. The molecular formula is C19H21NO4. The van der Waals surface area contributed by atoms with Gasteiger partial charge in [0.2, 0.25) is 0 Å². The number of carbonyl (C=O) groups excluding carboxylic acids is 2. The van der Waals surface area contributed by atoms with Crippen LogP contribution in [0.1, 0.15) is 18.1 Å². The molecule has 126 valence electrons. The van der Waals surface area contributed by atoms with Gasteiger partial charge in [0, 0.05) is 6.54 Å². The molecule has 1 amide bonds. The van der Waals surface area contributed by atoms with Gasteiger partial charge in [0.05, 0.1) is 13.5 Å². The summed E-state index contributed by atoms with van der Waals surface area (Å²) in [7, 11) is 1.58. The highest BCUT2D eigenvalue weighted by atomic mass is 16.5. The maximum Gasteiger partial charge on any atom is 0.311 e. The van der Waals surface area contributed by atoms with Gasteiger partial charge in [0.1, 0.15) is 5.75 Å². The van der Waals surface area contributed by atoms with Crippen molar-refractivity contribution in [3.8, 4) is 5.75 Å². The first-order valence-corrected chi connectivity index (χ1v) is 7.72. The number of nitrogens with one attached hydrogen (secondary N) is 1. The smallest absolute Gasteiger partial charge is 0.311 e. The van der Waals surface area contributed by atoms with Crippen LogP contribution in [0.15, 0.2) is 54.6 Å². The van der Waals surface area contributed by atoms with Crippen molar-refractivity contribution in [1.82, 2.24) is 5.32 Å². The fourth-order valence-electron chi connectivity index (χ4n) is 2.13. The molecule has 0 radical (unpaired) electrons. The number of carbonyl (C=O) groups is 2. The molecule has 0 unspecified atom stereocenters. The summed E-state index contributed by atoms with van der Waals surface area (Å²) < 4.78 is 10.2. The van der Waals surface area contributed by atoms with Gasteiger partial charge >= 0.3 is 5.97 Å². The molecule has 5 heteroatoms. The van der Waals surface area contributed by atoms with Crippen LogP contribution in [-0.4, -0.2) is 25.1 Å². The van der Waals surface area contributed by atoms with Crippen LogP contribution >= 0.6 is 0 Å². The van der Waals surface area contributed by atoms with E-state index in [1.807, 2.05) is 30.3 Å². The minimum Gasteiger partial charge on any atom is -0.497 e. The highest BCUT2D eigenvalue weighted by Gasteiger charge is 2.17. The second-order valence-corrected chi connectivity index (χ2v) is 5.36. The van der Waals surface area contributed by atoms with E-state index in [2.05, 4.69) is 5.32 Å². The lowest BCUT2D eigenvalue weighted by Crippen LogP contribution is -2.35. The zero-order valence-electron chi connectivity index (χ0n) is 13.8. The summed E-state index contributed by atoms with van der Waals surface area (Å²) in [5.74, 6) is -0.0368. The summed E-state index contributed by atoms with van der Waals surface area (Å²) in [6.07, 6.45) is -0.722. The topological polar surface area (TPSA) is 64.6 Å². The number of methoxy groups -OCH3 is 1. The number of benzene rings is 2. The van der Waals surface area contributed by atoms with Crippen molar-refractivity contribution in [3.63, 3.8) is 0 Å². The molecule has 1 N–H and O–H groups in total. The fourth-order valence-corrected chi connectivity index (χ4v) is 2.13. The number of hydrogen-bond donors (Lipinski definition) is 1. The van der Waals surface area contributed by atoms with Crippen LogP contribution in [0.5, 0.6) is 5.75 Å². The molecule has 0 heterocycles. The van der Waals surface area contributed by atoms with Crippen LogP contribution in [0.25, 0.3) is 0 Å². The maximum atomic E-state index is 12.0. The highest BCUT2D eigenvalue weighted by Crippen LogP contribution is 2.12. The number of rotatable bonds is 7. The van der Waals surface area contributed by atoms with Gasteiger partial charge in [-0.15, -0.1) is 0 Å². The Hall–Kier alpha value is -2.82. The fraction of sp³-hybridized carbons (Fsp3) is 0.263. The lowest BCUT2D eigenvalue weighted by molar-refractivity contribution is -0.154. The molecule has 0 aromatic heterocycles. The van der Waals surface area contributed by atoms with E-state index in [1.54, 1.807) is 38.3 Å². The molecule has 0 spiro atoms. The SMILES string of the molecule is COc1ccc(CC(=O)O[C@H](C)C(=O)NCc2ccccc2)cc1. The molecule has 0 saturated heterocycles. The van der Waals surface area contributed by atoms with Crippen molar-refractivity contribution < 1.29 is 19.1 Å². The van der Waals surface area contributed by atoms with Crippen molar-refractivity contribution in [1.29, 1.82) is 0 Å². The third-order valence-electron chi connectivity index (χ3n) is 3.49. The molecule has 0 fully saturated rings. The van der Waals surface area contributed by atoms with Crippen molar-refractivity contribution >= 4 is 11.9 Å². The lowest BCUT2D eigenvalue weighted by Gasteiger charge is -2.13. The van der Waals surface area contributed by atoms with Gasteiger partial charge < -0.3 is 14.8 Å². The largest absolute Gasteiger partial charge is 0.497 e. The third kappa shape index (κ3) is 5.43. The van der Waals surface area contributed by atoms with E-state index in [9.17, 15) is 9.59 Å². The standard InChI is InChI=1S/C19H21NO4/c1-14(19(22)20-13-16-6-4-3-5-7-16)24-18(21)12-15-8-10-17(23-2)11-9-15/h3-11,14H,12-13H2,1-2H3,(H,20,22)/t14-/m1/s1. The Labute approximate surface area is 141 Å². The number of amides is 1. The predicted octanol–water partition coefficient (Wildman–Crippen LogP) is 2.49. The van der Waals surface area contributed by atoms with E-state index >= 15 is 0 Å². The summed E-state index contributed by atoms with van der Waals surface area (Å²) >= 11 is 0. The molecule has 24 heavy (non-hydrogen) atoms. The zero-order chi connectivity index (χ0) is 17.4. The first-order valence-electron chi connectivity index (χ1n) is 7.72. The van der Waals surface area contributed by atoms with E-state index in [-0.39, 0.29) is 12.3 Å². The first kappa shape index (κ1) is 17.5. The third-order valence-corrected chi connectivity index (χ3v) is 3.49. The van der Waals surface area contributed by atoms with Gasteiger partial charge in [0.25, 0.3) is 5.91 Å². The van der Waals surface area contributed by atoms with Crippen LogP contribution in [0.4, 0.5) is 0 Å². The molecule has 0 bridgehead atoms. The summed E-state index contributed by atoms with van der Waals surface area (Å²) in [4.78, 5) is 23.9. The second kappa shape index (κ2) is 8.72. The summed E-state index contributed by atoms with van der Waals surface area (Å²) in [6.45, 7) is 1.96. The molecule has 1 atom stereocenters. The van der Waals surface area contributed by atoms with Gasteiger partial charge in [0.15, 0.2) is 6.10 Å². The molecule has 0 aliphatic heterocycles. The Bertz CT molecular complexity index is 668. The van der Waals surface area contributed by atoms with Crippen molar-refractivity contribution in [2.75, 3.05) is 7.11 Å². The van der Waals surface area contributed by atoms with Gasteiger partial charge in [-0.1, -0.05) is 42.5 Å². The first-order chi connectivity index (χ1) is 11.6. The Morgan fingerprint density at radius 3 is 2.29 bits per heavy atom. The summed E-state index contributed by atoms with van der Waals surface area (Å²) in [5.41, 5.74) is 1.79. The predicted molar refractivity (Wildman–Crippen MR) is 90.5 cm³/mol. The number of hydrogen-bond acceptors (Lipinski definition) is 4. The van der Waals surface area contributed by atoms with Gasteiger partial charge in [-0.05, 0) is 30.2 Å². The van der Waals surface area contributed by atoms with E-state index in [0.717, 1.165) is 16.9 Å². The monoisotopic (exact) mass is 327 g/mol. The van der Waals surface area contributed by atoms with Gasteiger partial charge in [-0.3, -0.25) is 9.59 Å². The van der Waals surface area contributed by atoms with Crippen molar-refractivity contribution in [3.05, 3.63) is 65.7 Å². The van der Waals surface area contributed by atoms with Crippen molar-refractivity contribution in [2.45, 2.75) is 26.0 Å². The lowest BCUT2D eigenvalue weighted by atomic mass is 10.1. The highest BCUT2D eigenvalue weighted by molar-refractivity contribution is 5.83. The molecular weight excluding hydrogens is 306 g/mol. The quantitative estimate of drug-likeness (QED) is 0.794. The van der Waals surface area contributed by atoms with Crippen LogP contribution < -0.4 is 10.1 Å². The molecule has 5 nitrogen and oxygen atoms in total. The zero-order valence-corrected chi connectivity index (χ0v) is 13.8. The van der Waals surface area contributed by atoms with Crippen LogP contribution in [0, 0.1) is 0 Å². The Morgan fingerprint density at radius 2 is 1.67 bits per heavy atom. The Balaban J connectivity index is 1.78. The van der Waals surface area contributed by atoms with E-state index < -0.39 is 12.1 Å². The molecule has 2 aromatic rings. The summed E-state index contributed by atoms with van der Waals surface area (Å²) in [6, 6.07) is 16.7. The molecule has 2 aromatic carbocycles. The van der Waals surface area contributed by atoms with Crippen LogP contribution in [-0.2, 0) is 27.3 Å². The average Bonchev–Trinajstić information content (AvgIpc) is 2.61. The maximum absolute atomic E-state index is 12.0. The minimum absolute atomic E-state index is 0.111. The van der Waals surface area contributed by atoms with E-state index in [1.165, 1.54) is 0 Å². The average molecular weight is 327 g/mol. The minimum atomic E-state index is -0.834. The number of esters is 1. The normalized spacial score (nSPS) is 11.4.